The van der Waals surface area contributed by atoms with E-state index in [1.54, 1.807) is 13.1 Å². The van der Waals surface area contributed by atoms with Crippen molar-refractivity contribution in [1.82, 2.24) is 19.5 Å². The third-order valence-corrected chi connectivity index (χ3v) is 4.55. The first-order chi connectivity index (χ1) is 13.7. The van der Waals surface area contributed by atoms with Gasteiger partial charge < -0.3 is 14.6 Å². The fraction of sp³-hybridized carbons (Fsp3) is 0.316. The lowest BCUT2D eigenvalue weighted by Gasteiger charge is -2.13. The standard InChI is InChI=1S/C19H19ClF3N5O/c1-4-12-7-11(8-24-16-14(29-3)9-25-18(20)27-16)5-6-13(12)17-26-15(10-28(17)2)19(21,22)23/h5-7,9-10H,4,8H2,1-3H3,(H,24,25,27). The Morgan fingerprint density at radius 3 is 2.62 bits per heavy atom. The molecule has 0 saturated heterocycles. The molecule has 29 heavy (non-hydrogen) atoms. The molecule has 0 radical (unpaired) electrons. The van der Waals surface area contributed by atoms with Gasteiger partial charge in [-0.15, -0.1) is 0 Å². The fourth-order valence-electron chi connectivity index (χ4n) is 2.93. The van der Waals surface area contributed by atoms with Crippen molar-refractivity contribution in [1.29, 1.82) is 0 Å². The van der Waals surface area contributed by atoms with Gasteiger partial charge in [0.1, 0.15) is 5.82 Å². The lowest BCUT2D eigenvalue weighted by molar-refractivity contribution is -0.140. The van der Waals surface area contributed by atoms with Gasteiger partial charge in [-0.25, -0.2) is 9.97 Å². The maximum atomic E-state index is 13.0. The van der Waals surface area contributed by atoms with Crippen LogP contribution in [0.4, 0.5) is 19.0 Å². The molecule has 0 saturated carbocycles. The maximum Gasteiger partial charge on any atom is 0.434 e. The van der Waals surface area contributed by atoms with E-state index in [0.29, 0.717) is 30.1 Å². The summed E-state index contributed by atoms with van der Waals surface area (Å²) in [6.45, 7) is 2.36. The first-order valence-electron chi connectivity index (χ1n) is 8.76. The molecule has 3 aromatic rings. The van der Waals surface area contributed by atoms with Crippen LogP contribution in [-0.2, 0) is 26.2 Å². The SMILES string of the molecule is CCc1cc(CNc2nc(Cl)ncc2OC)ccc1-c1nc(C(F)(F)F)cn1C. The molecule has 0 spiro atoms. The summed E-state index contributed by atoms with van der Waals surface area (Å²) in [5, 5.41) is 3.23. The normalized spacial score (nSPS) is 11.6. The number of imidazole rings is 1. The van der Waals surface area contributed by atoms with Crippen LogP contribution in [-0.4, -0.2) is 26.6 Å². The molecule has 10 heteroatoms. The molecule has 0 amide bonds. The van der Waals surface area contributed by atoms with E-state index in [1.807, 2.05) is 19.1 Å². The highest BCUT2D eigenvalue weighted by Crippen LogP contribution is 2.32. The maximum absolute atomic E-state index is 13.0. The van der Waals surface area contributed by atoms with Gasteiger partial charge in [0.25, 0.3) is 0 Å². The van der Waals surface area contributed by atoms with E-state index in [2.05, 4.69) is 20.3 Å². The molecule has 0 atom stereocenters. The number of halogens is 4. The van der Waals surface area contributed by atoms with Crippen molar-refractivity contribution in [2.75, 3.05) is 12.4 Å². The van der Waals surface area contributed by atoms with Gasteiger partial charge in [-0.3, -0.25) is 0 Å². The Hall–Kier alpha value is -2.81. The van der Waals surface area contributed by atoms with Crippen molar-refractivity contribution in [3.05, 3.63) is 52.7 Å². The molecule has 3 rings (SSSR count). The van der Waals surface area contributed by atoms with E-state index in [1.165, 1.54) is 17.9 Å². The summed E-state index contributed by atoms with van der Waals surface area (Å²) in [6, 6.07) is 5.54. The number of alkyl halides is 3. The van der Waals surface area contributed by atoms with Crippen LogP contribution >= 0.6 is 11.6 Å². The molecule has 0 unspecified atom stereocenters. The second kappa shape index (κ2) is 8.28. The Morgan fingerprint density at radius 1 is 1.24 bits per heavy atom. The topological polar surface area (TPSA) is 64.9 Å². The van der Waals surface area contributed by atoms with Crippen molar-refractivity contribution in [2.24, 2.45) is 7.05 Å². The Morgan fingerprint density at radius 2 is 2.00 bits per heavy atom. The number of anilines is 1. The number of ether oxygens (including phenoxy) is 1. The smallest absolute Gasteiger partial charge is 0.434 e. The van der Waals surface area contributed by atoms with Crippen LogP contribution in [0, 0.1) is 0 Å². The molecular formula is C19H19ClF3N5O. The molecule has 6 nitrogen and oxygen atoms in total. The Labute approximate surface area is 170 Å². The van der Waals surface area contributed by atoms with Crippen LogP contribution < -0.4 is 10.1 Å². The minimum Gasteiger partial charge on any atom is -0.491 e. The quantitative estimate of drug-likeness (QED) is 0.578. The van der Waals surface area contributed by atoms with Gasteiger partial charge in [-0.1, -0.05) is 25.1 Å². The summed E-state index contributed by atoms with van der Waals surface area (Å²) in [5.41, 5.74) is 1.57. The molecular weight excluding hydrogens is 407 g/mol. The van der Waals surface area contributed by atoms with Gasteiger partial charge in [0, 0.05) is 25.4 Å². The average molecular weight is 426 g/mol. The zero-order valence-electron chi connectivity index (χ0n) is 16.0. The molecule has 0 aliphatic heterocycles. The number of aryl methyl sites for hydroxylation is 2. The number of aromatic nitrogens is 4. The van der Waals surface area contributed by atoms with Crippen LogP contribution in [0.3, 0.4) is 0 Å². The summed E-state index contributed by atoms with van der Waals surface area (Å²) in [5.74, 6) is 1.18. The highest BCUT2D eigenvalue weighted by atomic mass is 35.5. The van der Waals surface area contributed by atoms with Crippen molar-refractivity contribution in [2.45, 2.75) is 26.1 Å². The van der Waals surface area contributed by atoms with E-state index in [-0.39, 0.29) is 11.1 Å². The second-order valence-electron chi connectivity index (χ2n) is 6.31. The van der Waals surface area contributed by atoms with E-state index in [4.69, 9.17) is 16.3 Å². The van der Waals surface area contributed by atoms with Crippen LogP contribution in [0.1, 0.15) is 23.7 Å². The van der Waals surface area contributed by atoms with Crippen LogP contribution in [0.15, 0.2) is 30.6 Å². The van der Waals surface area contributed by atoms with Gasteiger partial charge in [-0.2, -0.15) is 18.2 Å². The van der Waals surface area contributed by atoms with Gasteiger partial charge in [0.2, 0.25) is 5.28 Å². The number of benzene rings is 1. The van der Waals surface area contributed by atoms with Crippen molar-refractivity contribution >= 4 is 17.4 Å². The molecule has 2 aromatic heterocycles. The zero-order chi connectivity index (χ0) is 21.2. The molecule has 1 N–H and O–H groups in total. The summed E-state index contributed by atoms with van der Waals surface area (Å²) < 4.78 is 45.5. The summed E-state index contributed by atoms with van der Waals surface area (Å²) in [4.78, 5) is 11.8. The second-order valence-corrected chi connectivity index (χ2v) is 6.65. The zero-order valence-corrected chi connectivity index (χ0v) is 16.8. The van der Waals surface area contributed by atoms with Gasteiger partial charge in [-0.05, 0) is 29.1 Å². The first kappa shape index (κ1) is 20.9. The minimum atomic E-state index is -4.48. The molecule has 1 aromatic carbocycles. The van der Waals surface area contributed by atoms with E-state index in [9.17, 15) is 13.2 Å². The van der Waals surface area contributed by atoms with Gasteiger partial charge in [0.05, 0.1) is 13.3 Å². The molecule has 2 heterocycles. The van der Waals surface area contributed by atoms with E-state index >= 15 is 0 Å². The lowest BCUT2D eigenvalue weighted by Crippen LogP contribution is -2.06. The van der Waals surface area contributed by atoms with Gasteiger partial charge >= 0.3 is 6.18 Å². The molecule has 0 aliphatic carbocycles. The number of methoxy groups -OCH3 is 1. The van der Waals surface area contributed by atoms with E-state index in [0.717, 1.165) is 17.3 Å². The Bertz CT molecular complexity index is 1020. The van der Waals surface area contributed by atoms with Crippen LogP contribution in [0.2, 0.25) is 5.28 Å². The lowest BCUT2D eigenvalue weighted by atomic mass is 10.0. The highest BCUT2D eigenvalue weighted by Gasteiger charge is 2.34. The number of nitrogens with zero attached hydrogens (tertiary/aromatic N) is 4. The Kier molecular flexibility index (Phi) is 5.97. The van der Waals surface area contributed by atoms with E-state index < -0.39 is 11.9 Å². The number of rotatable bonds is 6. The fourth-order valence-corrected chi connectivity index (χ4v) is 3.07. The average Bonchev–Trinajstić information content (AvgIpc) is 3.08. The predicted octanol–water partition coefficient (Wildman–Crippen LogP) is 4.73. The van der Waals surface area contributed by atoms with Crippen molar-refractivity contribution < 1.29 is 17.9 Å². The largest absolute Gasteiger partial charge is 0.491 e. The number of hydrogen-bond donors (Lipinski definition) is 1. The number of hydrogen-bond acceptors (Lipinski definition) is 5. The minimum absolute atomic E-state index is 0.0909. The summed E-state index contributed by atoms with van der Waals surface area (Å²) in [7, 11) is 3.06. The highest BCUT2D eigenvalue weighted by molar-refractivity contribution is 6.28. The van der Waals surface area contributed by atoms with Crippen LogP contribution in [0.25, 0.3) is 11.4 Å². The van der Waals surface area contributed by atoms with Gasteiger partial charge in [0.15, 0.2) is 17.3 Å². The van der Waals surface area contributed by atoms with Crippen molar-refractivity contribution in [3.8, 4) is 17.1 Å². The molecule has 0 fully saturated rings. The third-order valence-electron chi connectivity index (χ3n) is 4.36. The monoisotopic (exact) mass is 425 g/mol. The number of nitrogens with one attached hydrogen (secondary N) is 1. The molecule has 0 aliphatic rings. The first-order valence-corrected chi connectivity index (χ1v) is 9.13. The third kappa shape index (κ3) is 4.61. The van der Waals surface area contributed by atoms with Crippen molar-refractivity contribution in [3.63, 3.8) is 0 Å². The van der Waals surface area contributed by atoms with Crippen LogP contribution in [0.5, 0.6) is 5.75 Å². The summed E-state index contributed by atoms with van der Waals surface area (Å²) >= 11 is 5.83. The predicted molar refractivity (Wildman–Crippen MR) is 104 cm³/mol. The molecule has 154 valence electrons. The Balaban J connectivity index is 1.87. The summed E-state index contributed by atoms with van der Waals surface area (Å²) in [6.07, 6.45) is -1.38. The molecule has 0 bridgehead atoms.